The van der Waals surface area contributed by atoms with Gasteiger partial charge in [0.05, 0.1) is 17.4 Å². The summed E-state index contributed by atoms with van der Waals surface area (Å²) in [6.45, 7) is -0.137. The minimum atomic E-state index is -0.930. The smallest absolute Gasteiger partial charge is 0.323 e. The average Bonchev–Trinajstić information content (AvgIpc) is 2.04. The Morgan fingerprint density at radius 1 is 1.62 bits per heavy atom. The van der Waals surface area contributed by atoms with Crippen molar-refractivity contribution in [3.63, 3.8) is 0 Å². The van der Waals surface area contributed by atoms with Crippen LogP contribution in [-0.4, -0.2) is 34.6 Å². The van der Waals surface area contributed by atoms with Gasteiger partial charge in [-0.2, -0.15) is 0 Å². The second-order valence-electron chi connectivity index (χ2n) is 2.45. The highest BCUT2D eigenvalue weighted by Gasteiger charge is 2.07. The highest BCUT2D eigenvalue weighted by molar-refractivity contribution is 6.30. The fraction of sp³-hybridized carbons (Fsp3) is 0.286. The number of halogens is 1. The molecule has 1 aromatic heterocycles. The third-order valence-electron chi connectivity index (χ3n) is 1.32. The van der Waals surface area contributed by atoms with Crippen molar-refractivity contribution in [2.45, 2.75) is 0 Å². The quantitative estimate of drug-likeness (QED) is 0.778. The fourth-order valence-corrected chi connectivity index (χ4v) is 0.874. The Hall–Kier alpha value is -1.36. The standard InChI is InChI=1S/C7H8ClN3O2/c1-11(4-6(12)13)7-9-2-5(8)3-10-7/h2-3H,4H2,1H3,(H,12,13). The number of likely N-dealkylation sites (N-methyl/N-ethyl adjacent to an activating group) is 1. The predicted molar refractivity (Wildman–Crippen MR) is 47.9 cm³/mol. The molecule has 1 heterocycles. The van der Waals surface area contributed by atoms with E-state index in [0.717, 1.165) is 0 Å². The van der Waals surface area contributed by atoms with Crippen LogP contribution in [0, 0.1) is 0 Å². The first kappa shape index (κ1) is 9.73. The van der Waals surface area contributed by atoms with Gasteiger partial charge in [-0.25, -0.2) is 9.97 Å². The molecule has 1 N–H and O–H groups in total. The van der Waals surface area contributed by atoms with Crippen LogP contribution in [-0.2, 0) is 4.79 Å². The van der Waals surface area contributed by atoms with Gasteiger partial charge in [-0.3, -0.25) is 4.79 Å². The molecule has 0 aliphatic rings. The van der Waals surface area contributed by atoms with E-state index in [9.17, 15) is 4.79 Å². The number of aliphatic carboxylic acids is 1. The highest BCUT2D eigenvalue weighted by Crippen LogP contribution is 2.08. The first-order valence-corrected chi connectivity index (χ1v) is 3.88. The maximum absolute atomic E-state index is 10.3. The van der Waals surface area contributed by atoms with Crippen molar-refractivity contribution in [1.82, 2.24) is 9.97 Å². The van der Waals surface area contributed by atoms with Crippen LogP contribution in [0.5, 0.6) is 0 Å². The third-order valence-corrected chi connectivity index (χ3v) is 1.52. The van der Waals surface area contributed by atoms with Crippen molar-refractivity contribution >= 4 is 23.5 Å². The van der Waals surface area contributed by atoms with Crippen LogP contribution in [0.4, 0.5) is 5.95 Å². The van der Waals surface area contributed by atoms with Gasteiger partial charge in [0, 0.05) is 7.05 Å². The number of carboxylic acid groups (broad SMARTS) is 1. The van der Waals surface area contributed by atoms with Gasteiger partial charge >= 0.3 is 5.97 Å². The third kappa shape index (κ3) is 2.87. The summed E-state index contributed by atoms with van der Waals surface area (Å²) in [5, 5.41) is 8.90. The molecular weight excluding hydrogens is 194 g/mol. The molecule has 0 unspecified atom stereocenters. The van der Waals surface area contributed by atoms with Crippen LogP contribution in [0.3, 0.4) is 0 Å². The minimum absolute atomic E-state index is 0.137. The molecule has 1 aromatic rings. The molecule has 0 fully saturated rings. The predicted octanol–water partition coefficient (Wildman–Crippen LogP) is 0.651. The summed E-state index contributed by atoms with van der Waals surface area (Å²) >= 11 is 5.56. The number of anilines is 1. The lowest BCUT2D eigenvalue weighted by atomic mass is 10.5. The lowest BCUT2D eigenvalue weighted by molar-refractivity contribution is -0.135. The van der Waals surface area contributed by atoms with E-state index >= 15 is 0 Å². The summed E-state index contributed by atoms with van der Waals surface area (Å²) in [6, 6.07) is 0. The molecule has 0 saturated heterocycles. The summed E-state index contributed by atoms with van der Waals surface area (Å²) in [5.41, 5.74) is 0. The summed E-state index contributed by atoms with van der Waals surface area (Å²) < 4.78 is 0. The monoisotopic (exact) mass is 201 g/mol. The Morgan fingerprint density at radius 3 is 2.62 bits per heavy atom. The molecule has 0 atom stereocenters. The van der Waals surface area contributed by atoms with Gasteiger partial charge in [-0.1, -0.05) is 11.6 Å². The molecule has 1 rings (SSSR count). The molecule has 0 bridgehead atoms. The Balaban J connectivity index is 2.71. The zero-order chi connectivity index (χ0) is 9.84. The SMILES string of the molecule is CN(CC(=O)O)c1ncc(Cl)cn1. The van der Waals surface area contributed by atoms with E-state index in [2.05, 4.69) is 9.97 Å². The van der Waals surface area contributed by atoms with E-state index in [0.29, 0.717) is 11.0 Å². The van der Waals surface area contributed by atoms with Crippen molar-refractivity contribution in [1.29, 1.82) is 0 Å². The second kappa shape index (κ2) is 4.04. The lowest BCUT2D eigenvalue weighted by Crippen LogP contribution is -2.26. The van der Waals surface area contributed by atoms with E-state index in [1.807, 2.05) is 0 Å². The average molecular weight is 202 g/mol. The molecule has 5 nitrogen and oxygen atoms in total. The topological polar surface area (TPSA) is 66.3 Å². The molecule has 0 aromatic carbocycles. The van der Waals surface area contributed by atoms with E-state index in [4.69, 9.17) is 16.7 Å². The molecule has 70 valence electrons. The van der Waals surface area contributed by atoms with Gasteiger partial charge in [-0.05, 0) is 0 Å². The molecule has 0 aliphatic carbocycles. The molecule has 6 heteroatoms. The number of carboxylic acids is 1. The van der Waals surface area contributed by atoms with Crippen LogP contribution in [0.25, 0.3) is 0 Å². The Kier molecular flexibility index (Phi) is 3.02. The molecule has 0 spiro atoms. The van der Waals surface area contributed by atoms with Crippen molar-refractivity contribution < 1.29 is 9.90 Å². The Labute approximate surface area is 80.0 Å². The molecule has 0 aliphatic heterocycles. The van der Waals surface area contributed by atoms with Crippen LogP contribution < -0.4 is 4.90 Å². The van der Waals surface area contributed by atoms with Crippen LogP contribution >= 0.6 is 11.6 Å². The van der Waals surface area contributed by atoms with Gasteiger partial charge in [0.1, 0.15) is 6.54 Å². The van der Waals surface area contributed by atoms with Gasteiger partial charge in [-0.15, -0.1) is 0 Å². The van der Waals surface area contributed by atoms with E-state index in [1.165, 1.54) is 17.3 Å². The van der Waals surface area contributed by atoms with Gasteiger partial charge < -0.3 is 10.0 Å². The number of carbonyl (C=O) groups is 1. The van der Waals surface area contributed by atoms with E-state index in [-0.39, 0.29) is 6.54 Å². The first-order valence-electron chi connectivity index (χ1n) is 3.50. The van der Waals surface area contributed by atoms with E-state index < -0.39 is 5.97 Å². The Bertz CT molecular complexity index is 301. The van der Waals surface area contributed by atoms with Crippen LogP contribution in [0.2, 0.25) is 5.02 Å². The largest absolute Gasteiger partial charge is 0.480 e. The lowest BCUT2D eigenvalue weighted by Gasteiger charge is -2.13. The number of hydrogen-bond acceptors (Lipinski definition) is 4. The summed E-state index contributed by atoms with van der Waals surface area (Å²) in [5.74, 6) is -0.590. The van der Waals surface area contributed by atoms with E-state index in [1.54, 1.807) is 7.05 Å². The molecule has 13 heavy (non-hydrogen) atoms. The van der Waals surface area contributed by atoms with Crippen LogP contribution in [0.15, 0.2) is 12.4 Å². The molecule has 0 radical (unpaired) electrons. The Morgan fingerprint density at radius 2 is 2.15 bits per heavy atom. The second-order valence-corrected chi connectivity index (χ2v) is 2.89. The maximum Gasteiger partial charge on any atom is 0.323 e. The van der Waals surface area contributed by atoms with Gasteiger partial charge in [0.2, 0.25) is 5.95 Å². The zero-order valence-corrected chi connectivity index (χ0v) is 7.69. The number of rotatable bonds is 3. The molecule has 0 amide bonds. The van der Waals surface area contributed by atoms with Crippen molar-refractivity contribution in [3.8, 4) is 0 Å². The minimum Gasteiger partial charge on any atom is -0.480 e. The van der Waals surface area contributed by atoms with Gasteiger partial charge in [0.25, 0.3) is 0 Å². The number of nitrogens with zero attached hydrogens (tertiary/aromatic N) is 3. The van der Waals surface area contributed by atoms with Crippen LogP contribution in [0.1, 0.15) is 0 Å². The summed E-state index contributed by atoms with van der Waals surface area (Å²) in [6.07, 6.45) is 2.84. The number of aromatic nitrogens is 2. The molecule has 0 saturated carbocycles. The van der Waals surface area contributed by atoms with Gasteiger partial charge in [0.15, 0.2) is 0 Å². The zero-order valence-electron chi connectivity index (χ0n) is 6.94. The maximum atomic E-state index is 10.3. The van der Waals surface area contributed by atoms with Crippen molar-refractivity contribution in [2.75, 3.05) is 18.5 Å². The van der Waals surface area contributed by atoms with Crippen molar-refractivity contribution in [2.24, 2.45) is 0 Å². The van der Waals surface area contributed by atoms with Crippen molar-refractivity contribution in [3.05, 3.63) is 17.4 Å². The first-order chi connectivity index (χ1) is 6.09. The summed E-state index contributed by atoms with van der Waals surface area (Å²) in [7, 11) is 1.59. The number of hydrogen-bond donors (Lipinski definition) is 1. The normalized spacial score (nSPS) is 9.69. The summed E-state index contributed by atoms with van der Waals surface area (Å²) in [4.78, 5) is 19.4. The fourth-order valence-electron chi connectivity index (χ4n) is 0.776. The highest BCUT2D eigenvalue weighted by atomic mass is 35.5. The molecular formula is C7H8ClN3O2.